The van der Waals surface area contributed by atoms with Gasteiger partial charge in [-0.25, -0.2) is 9.97 Å². The number of hydrogen-bond acceptors (Lipinski definition) is 5. The summed E-state index contributed by atoms with van der Waals surface area (Å²) >= 11 is 0. The van der Waals surface area contributed by atoms with Gasteiger partial charge in [0.05, 0.1) is 0 Å². The zero-order valence-electron chi connectivity index (χ0n) is 12.8. The first-order valence-electron chi connectivity index (χ1n) is 7.63. The molecule has 2 rings (SSSR count). The third-order valence-corrected chi connectivity index (χ3v) is 3.63. The Kier molecular flexibility index (Phi) is 5.17. The Morgan fingerprint density at radius 1 is 1.20 bits per heavy atom. The molecule has 1 aromatic heterocycles. The van der Waals surface area contributed by atoms with Gasteiger partial charge in [-0.15, -0.1) is 0 Å². The van der Waals surface area contributed by atoms with E-state index in [2.05, 4.69) is 41.4 Å². The lowest BCUT2D eigenvalue weighted by Gasteiger charge is -2.35. The van der Waals surface area contributed by atoms with Crippen LogP contribution in [0.3, 0.4) is 0 Å². The number of anilines is 2. The molecule has 1 saturated heterocycles. The fourth-order valence-corrected chi connectivity index (χ4v) is 2.42. The van der Waals surface area contributed by atoms with E-state index in [-0.39, 0.29) is 5.54 Å². The Morgan fingerprint density at radius 2 is 1.90 bits per heavy atom. The molecule has 5 heteroatoms. The van der Waals surface area contributed by atoms with Crippen molar-refractivity contribution < 1.29 is 4.74 Å². The van der Waals surface area contributed by atoms with E-state index in [4.69, 9.17) is 4.74 Å². The van der Waals surface area contributed by atoms with Gasteiger partial charge < -0.3 is 15.4 Å². The Balaban J connectivity index is 2.16. The molecule has 1 aliphatic heterocycles. The lowest BCUT2D eigenvalue weighted by molar-refractivity contribution is 0.0657. The van der Waals surface area contributed by atoms with E-state index in [0.29, 0.717) is 0 Å². The molecule has 2 N–H and O–H groups in total. The number of ether oxygens (including phenoxy) is 1. The topological polar surface area (TPSA) is 59.1 Å². The van der Waals surface area contributed by atoms with Crippen molar-refractivity contribution in [3.8, 4) is 0 Å². The zero-order valence-corrected chi connectivity index (χ0v) is 12.8. The molecule has 20 heavy (non-hydrogen) atoms. The first-order chi connectivity index (χ1) is 9.65. The summed E-state index contributed by atoms with van der Waals surface area (Å²) in [7, 11) is 0. The van der Waals surface area contributed by atoms with Crippen LogP contribution in [0.25, 0.3) is 0 Å². The van der Waals surface area contributed by atoms with Crippen molar-refractivity contribution in [2.24, 2.45) is 0 Å². The Morgan fingerprint density at radius 3 is 2.55 bits per heavy atom. The largest absolute Gasteiger partial charge is 0.381 e. The molecule has 112 valence electrons. The van der Waals surface area contributed by atoms with E-state index in [9.17, 15) is 0 Å². The van der Waals surface area contributed by atoms with Crippen LogP contribution in [-0.2, 0) is 11.2 Å². The minimum Gasteiger partial charge on any atom is -0.381 e. The molecule has 0 spiro atoms. The summed E-state index contributed by atoms with van der Waals surface area (Å²) in [5.74, 6) is 2.73. The predicted octanol–water partition coefficient (Wildman–Crippen LogP) is 2.84. The van der Waals surface area contributed by atoms with Crippen LogP contribution in [0.5, 0.6) is 0 Å². The summed E-state index contributed by atoms with van der Waals surface area (Å²) in [4.78, 5) is 9.18. The highest BCUT2D eigenvalue weighted by molar-refractivity contribution is 5.49. The van der Waals surface area contributed by atoms with Crippen molar-refractivity contribution in [2.75, 3.05) is 30.4 Å². The molecule has 0 atom stereocenters. The summed E-state index contributed by atoms with van der Waals surface area (Å²) in [5.41, 5.74) is 0.0690. The molecule has 0 radical (unpaired) electrons. The smallest absolute Gasteiger partial charge is 0.133 e. The van der Waals surface area contributed by atoms with Crippen LogP contribution < -0.4 is 10.6 Å². The molecule has 0 bridgehead atoms. The lowest BCUT2D eigenvalue weighted by Crippen LogP contribution is -2.41. The fourth-order valence-electron chi connectivity index (χ4n) is 2.42. The van der Waals surface area contributed by atoms with E-state index in [1.807, 2.05) is 6.07 Å². The van der Waals surface area contributed by atoms with Crippen LogP contribution in [-0.4, -0.2) is 35.3 Å². The second-order valence-electron chi connectivity index (χ2n) is 5.63. The number of aryl methyl sites for hydroxylation is 1. The predicted molar refractivity (Wildman–Crippen MR) is 82.3 cm³/mol. The van der Waals surface area contributed by atoms with Crippen LogP contribution >= 0.6 is 0 Å². The lowest BCUT2D eigenvalue weighted by atomic mass is 9.92. The average Bonchev–Trinajstić information content (AvgIpc) is 2.39. The van der Waals surface area contributed by atoms with Gasteiger partial charge in [0.2, 0.25) is 0 Å². The molecular weight excluding hydrogens is 252 g/mol. The maximum absolute atomic E-state index is 5.44. The van der Waals surface area contributed by atoms with Gasteiger partial charge in [-0.1, -0.05) is 6.92 Å². The average molecular weight is 278 g/mol. The molecule has 5 nitrogen and oxygen atoms in total. The Hall–Kier alpha value is -1.36. The van der Waals surface area contributed by atoms with Crippen molar-refractivity contribution in [3.63, 3.8) is 0 Å². The van der Waals surface area contributed by atoms with E-state index in [1.165, 1.54) is 0 Å². The van der Waals surface area contributed by atoms with Gasteiger partial charge in [0, 0.05) is 37.8 Å². The molecule has 1 fully saturated rings. The van der Waals surface area contributed by atoms with Crippen LogP contribution in [0.2, 0.25) is 0 Å². The van der Waals surface area contributed by atoms with Crippen molar-refractivity contribution >= 4 is 11.6 Å². The van der Waals surface area contributed by atoms with E-state index >= 15 is 0 Å². The first-order valence-corrected chi connectivity index (χ1v) is 7.63. The van der Waals surface area contributed by atoms with Gasteiger partial charge in [-0.2, -0.15) is 0 Å². The van der Waals surface area contributed by atoms with Gasteiger partial charge in [-0.05, 0) is 33.1 Å². The monoisotopic (exact) mass is 278 g/mol. The SMILES string of the molecule is CCCc1nc(NCC)cc(NC2(C)CCOCC2)n1. The van der Waals surface area contributed by atoms with E-state index < -0.39 is 0 Å². The van der Waals surface area contributed by atoms with E-state index in [1.54, 1.807) is 0 Å². The second kappa shape index (κ2) is 6.88. The van der Waals surface area contributed by atoms with Gasteiger partial charge in [0.25, 0.3) is 0 Å². The van der Waals surface area contributed by atoms with Gasteiger partial charge in [-0.3, -0.25) is 0 Å². The molecule has 0 unspecified atom stereocenters. The highest BCUT2D eigenvalue weighted by Gasteiger charge is 2.27. The Labute approximate surface area is 121 Å². The maximum Gasteiger partial charge on any atom is 0.133 e. The van der Waals surface area contributed by atoms with Crippen LogP contribution in [0, 0.1) is 0 Å². The molecule has 0 aromatic carbocycles. The van der Waals surface area contributed by atoms with Crippen LogP contribution in [0.1, 0.15) is 45.9 Å². The zero-order chi connectivity index (χ0) is 14.4. The summed E-state index contributed by atoms with van der Waals surface area (Å²) < 4.78 is 5.44. The number of aromatic nitrogens is 2. The summed E-state index contributed by atoms with van der Waals surface area (Å²) in [6, 6.07) is 2.00. The molecule has 1 aromatic rings. The molecule has 0 aliphatic carbocycles. The first kappa shape index (κ1) is 15.0. The summed E-state index contributed by atoms with van der Waals surface area (Å²) in [6.45, 7) is 8.97. The molecule has 0 saturated carbocycles. The minimum atomic E-state index is 0.0690. The van der Waals surface area contributed by atoms with Crippen molar-refractivity contribution in [2.45, 2.75) is 52.0 Å². The number of nitrogens with zero attached hydrogens (tertiary/aromatic N) is 2. The highest BCUT2D eigenvalue weighted by atomic mass is 16.5. The number of rotatable bonds is 6. The molecule has 1 aliphatic rings. The quantitative estimate of drug-likeness (QED) is 0.838. The van der Waals surface area contributed by atoms with Crippen molar-refractivity contribution in [1.82, 2.24) is 9.97 Å². The molecular formula is C15H26N4O. The maximum atomic E-state index is 5.44. The molecule has 2 heterocycles. The Bertz CT molecular complexity index is 406. The van der Waals surface area contributed by atoms with Gasteiger partial charge in [0.1, 0.15) is 17.5 Å². The highest BCUT2D eigenvalue weighted by Crippen LogP contribution is 2.25. The van der Waals surface area contributed by atoms with Crippen LogP contribution in [0.4, 0.5) is 11.6 Å². The molecule has 0 amide bonds. The second-order valence-corrected chi connectivity index (χ2v) is 5.63. The van der Waals surface area contributed by atoms with Crippen molar-refractivity contribution in [3.05, 3.63) is 11.9 Å². The van der Waals surface area contributed by atoms with Gasteiger partial charge >= 0.3 is 0 Å². The summed E-state index contributed by atoms with van der Waals surface area (Å²) in [5, 5.41) is 6.86. The number of nitrogens with one attached hydrogen (secondary N) is 2. The third-order valence-electron chi connectivity index (χ3n) is 3.63. The normalized spacial score (nSPS) is 17.8. The third kappa shape index (κ3) is 4.07. The van der Waals surface area contributed by atoms with Crippen LogP contribution in [0.15, 0.2) is 6.07 Å². The minimum absolute atomic E-state index is 0.0690. The number of hydrogen-bond donors (Lipinski definition) is 2. The summed E-state index contributed by atoms with van der Waals surface area (Å²) in [6.07, 6.45) is 3.99. The fraction of sp³-hybridized carbons (Fsp3) is 0.733. The standard InChI is InChI=1S/C15H26N4O/c1-4-6-12-17-13(16-5-2)11-14(18-12)19-15(3)7-9-20-10-8-15/h11H,4-10H2,1-3H3,(H2,16,17,18,19). The van der Waals surface area contributed by atoms with Gasteiger partial charge in [0.15, 0.2) is 0 Å². The van der Waals surface area contributed by atoms with E-state index in [0.717, 1.165) is 62.9 Å². The van der Waals surface area contributed by atoms with Crippen molar-refractivity contribution in [1.29, 1.82) is 0 Å².